The molecule has 1 saturated heterocycles. The molecular formula is C19H26N6O. The van der Waals surface area contributed by atoms with Crippen molar-refractivity contribution in [3.8, 4) is 0 Å². The van der Waals surface area contributed by atoms with Crippen LogP contribution in [0.25, 0.3) is 5.65 Å². The van der Waals surface area contributed by atoms with Crippen molar-refractivity contribution in [2.24, 2.45) is 0 Å². The number of nitrogens with zero attached hydrogens (tertiary/aromatic N) is 6. The summed E-state index contributed by atoms with van der Waals surface area (Å²) in [6, 6.07) is 4.13. The summed E-state index contributed by atoms with van der Waals surface area (Å²) in [6.45, 7) is 13.1. The minimum atomic E-state index is 0.0267. The summed E-state index contributed by atoms with van der Waals surface area (Å²) in [5.41, 5.74) is 3.00. The van der Waals surface area contributed by atoms with Crippen molar-refractivity contribution in [2.75, 3.05) is 31.1 Å². The lowest BCUT2D eigenvalue weighted by atomic mass is 9.93. The summed E-state index contributed by atoms with van der Waals surface area (Å²) >= 11 is 0. The molecule has 0 radical (unpaired) electrons. The van der Waals surface area contributed by atoms with E-state index in [0.29, 0.717) is 0 Å². The fourth-order valence-corrected chi connectivity index (χ4v) is 3.25. The van der Waals surface area contributed by atoms with Gasteiger partial charge in [0.05, 0.1) is 17.6 Å². The smallest absolute Gasteiger partial charge is 0.191 e. The third-order valence-corrected chi connectivity index (χ3v) is 4.82. The maximum atomic E-state index is 5.30. The molecule has 1 aliphatic heterocycles. The highest BCUT2D eigenvalue weighted by molar-refractivity contribution is 5.47. The van der Waals surface area contributed by atoms with E-state index in [9.17, 15) is 0 Å². The molecule has 3 aromatic rings. The second-order valence-electron chi connectivity index (χ2n) is 7.99. The first-order valence-electron chi connectivity index (χ1n) is 9.14. The molecular weight excluding hydrogens is 328 g/mol. The fraction of sp³-hybridized carbons (Fsp3) is 0.526. The third-order valence-electron chi connectivity index (χ3n) is 4.82. The molecule has 138 valence electrons. The molecule has 0 atom stereocenters. The van der Waals surface area contributed by atoms with Crippen LogP contribution >= 0.6 is 0 Å². The fourth-order valence-electron chi connectivity index (χ4n) is 3.25. The maximum absolute atomic E-state index is 5.30. The summed E-state index contributed by atoms with van der Waals surface area (Å²) < 4.78 is 7.20. The van der Waals surface area contributed by atoms with Crippen molar-refractivity contribution in [1.29, 1.82) is 0 Å². The summed E-state index contributed by atoms with van der Waals surface area (Å²) in [7, 11) is 0. The lowest BCUT2D eigenvalue weighted by Crippen LogP contribution is -2.46. The van der Waals surface area contributed by atoms with Gasteiger partial charge in [0, 0.05) is 45.1 Å². The highest BCUT2D eigenvalue weighted by Crippen LogP contribution is 2.22. The minimum absolute atomic E-state index is 0.0267. The molecule has 4 heterocycles. The Hall–Kier alpha value is -2.41. The molecule has 3 aromatic heterocycles. The Balaban J connectivity index is 1.43. The topological polar surface area (TPSA) is 62.7 Å². The lowest BCUT2D eigenvalue weighted by Gasteiger charge is -2.34. The number of fused-ring (bicyclic) bond motifs is 1. The van der Waals surface area contributed by atoms with Crippen molar-refractivity contribution in [2.45, 2.75) is 39.7 Å². The summed E-state index contributed by atoms with van der Waals surface area (Å²) in [5, 5.41) is 4.78. The Morgan fingerprint density at radius 1 is 1.08 bits per heavy atom. The number of imidazole rings is 1. The normalized spacial score (nSPS) is 16.5. The second-order valence-corrected chi connectivity index (χ2v) is 7.99. The minimum Gasteiger partial charge on any atom is -0.449 e. The zero-order valence-electron chi connectivity index (χ0n) is 15.9. The molecule has 7 nitrogen and oxygen atoms in total. The summed E-state index contributed by atoms with van der Waals surface area (Å²) in [4.78, 5) is 13.8. The predicted molar refractivity (Wildman–Crippen MR) is 100 cm³/mol. The Morgan fingerprint density at radius 3 is 2.50 bits per heavy atom. The van der Waals surface area contributed by atoms with Crippen LogP contribution in [0, 0.1) is 6.92 Å². The Labute approximate surface area is 153 Å². The van der Waals surface area contributed by atoms with Crippen molar-refractivity contribution < 1.29 is 4.42 Å². The van der Waals surface area contributed by atoms with Gasteiger partial charge in [-0.3, -0.25) is 4.90 Å². The van der Waals surface area contributed by atoms with Gasteiger partial charge in [0.25, 0.3) is 0 Å². The Morgan fingerprint density at radius 2 is 1.85 bits per heavy atom. The zero-order chi connectivity index (χ0) is 18.3. The number of rotatable bonds is 3. The van der Waals surface area contributed by atoms with Crippen LogP contribution in [0.2, 0.25) is 0 Å². The average Bonchev–Trinajstić information content (AvgIpc) is 3.20. The first-order valence-corrected chi connectivity index (χ1v) is 9.14. The van der Waals surface area contributed by atoms with Gasteiger partial charge in [-0.1, -0.05) is 20.8 Å². The van der Waals surface area contributed by atoms with E-state index in [2.05, 4.69) is 52.7 Å². The SMILES string of the molecule is Cc1nc(CN2CCN(c3ccc4nc(C(C)(C)C)cn4n3)CC2)co1. The first-order chi connectivity index (χ1) is 12.4. The molecule has 0 aliphatic carbocycles. The van der Waals surface area contributed by atoms with E-state index in [0.717, 1.165) is 61.5 Å². The van der Waals surface area contributed by atoms with E-state index >= 15 is 0 Å². The van der Waals surface area contributed by atoms with Gasteiger partial charge in [-0.15, -0.1) is 5.10 Å². The molecule has 1 fully saturated rings. The highest BCUT2D eigenvalue weighted by Gasteiger charge is 2.21. The maximum Gasteiger partial charge on any atom is 0.191 e. The molecule has 0 saturated carbocycles. The van der Waals surface area contributed by atoms with E-state index in [4.69, 9.17) is 9.52 Å². The van der Waals surface area contributed by atoms with Crippen LogP contribution in [0.3, 0.4) is 0 Å². The molecule has 1 aliphatic rings. The third kappa shape index (κ3) is 3.44. The van der Waals surface area contributed by atoms with Gasteiger partial charge in [0.2, 0.25) is 0 Å². The standard InChI is InChI=1S/C19H26N6O/c1-14-20-15(13-26-14)11-23-7-9-24(10-8-23)18-6-5-17-21-16(19(2,3)4)12-25(17)22-18/h5-6,12-13H,7-11H2,1-4H3. The van der Waals surface area contributed by atoms with Crippen LogP contribution in [-0.4, -0.2) is 50.7 Å². The molecule has 0 spiro atoms. The van der Waals surface area contributed by atoms with E-state index in [1.165, 1.54) is 0 Å². The number of piperazine rings is 1. The van der Waals surface area contributed by atoms with Gasteiger partial charge in [0.1, 0.15) is 12.1 Å². The molecule has 0 N–H and O–H groups in total. The monoisotopic (exact) mass is 354 g/mol. The van der Waals surface area contributed by atoms with E-state index in [1.807, 2.05) is 17.6 Å². The van der Waals surface area contributed by atoms with Crippen LogP contribution < -0.4 is 4.90 Å². The van der Waals surface area contributed by atoms with Gasteiger partial charge in [0.15, 0.2) is 11.5 Å². The second kappa shape index (κ2) is 6.39. The highest BCUT2D eigenvalue weighted by atomic mass is 16.3. The number of aromatic nitrogens is 4. The van der Waals surface area contributed by atoms with E-state index in [1.54, 1.807) is 6.26 Å². The molecule has 0 bridgehead atoms. The van der Waals surface area contributed by atoms with Gasteiger partial charge in [-0.05, 0) is 12.1 Å². The summed E-state index contributed by atoms with van der Waals surface area (Å²) in [5.74, 6) is 1.73. The van der Waals surface area contributed by atoms with Gasteiger partial charge in [-0.2, -0.15) is 0 Å². The summed E-state index contributed by atoms with van der Waals surface area (Å²) in [6.07, 6.45) is 3.80. The molecule has 7 heteroatoms. The Kier molecular flexibility index (Phi) is 4.19. The zero-order valence-corrected chi connectivity index (χ0v) is 15.9. The van der Waals surface area contributed by atoms with Crippen LogP contribution in [0.15, 0.2) is 29.0 Å². The molecule has 0 unspecified atom stereocenters. The van der Waals surface area contributed by atoms with E-state index < -0.39 is 0 Å². The Bertz CT molecular complexity index is 898. The number of anilines is 1. The molecule has 26 heavy (non-hydrogen) atoms. The van der Waals surface area contributed by atoms with Crippen molar-refractivity contribution in [3.05, 3.63) is 41.9 Å². The lowest BCUT2D eigenvalue weighted by molar-refractivity contribution is 0.246. The van der Waals surface area contributed by atoms with Crippen LogP contribution in [0.1, 0.15) is 38.0 Å². The van der Waals surface area contributed by atoms with Crippen LogP contribution in [-0.2, 0) is 12.0 Å². The predicted octanol–water partition coefficient (Wildman–Crippen LogP) is 2.65. The van der Waals surface area contributed by atoms with Crippen molar-refractivity contribution >= 4 is 11.5 Å². The number of hydrogen-bond acceptors (Lipinski definition) is 6. The number of oxazole rings is 1. The van der Waals surface area contributed by atoms with Crippen LogP contribution in [0.5, 0.6) is 0 Å². The van der Waals surface area contributed by atoms with Gasteiger partial charge in [-0.25, -0.2) is 14.5 Å². The largest absolute Gasteiger partial charge is 0.449 e. The quantitative estimate of drug-likeness (QED) is 0.721. The van der Waals surface area contributed by atoms with Crippen molar-refractivity contribution in [3.63, 3.8) is 0 Å². The van der Waals surface area contributed by atoms with Gasteiger partial charge < -0.3 is 9.32 Å². The number of hydrogen-bond donors (Lipinski definition) is 0. The van der Waals surface area contributed by atoms with Crippen LogP contribution in [0.4, 0.5) is 5.82 Å². The van der Waals surface area contributed by atoms with Crippen molar-refractivity contribution in [1.82, 2.24) is 24.5 Å². The van der Waals surface area contributed by atoms with Gasteiger partial charge >= 0.3 is 0 Å². The van der Waals surface area contributed by atoms with E-state index in [-0.39, 0.29) is 5.41 Å². The first kappa shape index (κ1) is 17.0. The molecule has 4 rings (SSSR count). The average molecular weight is 354 g/mol. The molecule has 0 aromatic carbocycles. The molecule has 0 amide bonds. The number of aryl methyl sites for hydroxylation is 1.